The highest BCUT2D eigenvalue weighted by Gasteiger charge is 1.98. The molecule has 0 spiro atoms. The lowest BCUT2D eigenvalue weighted by Crippen LogP contribution is -2.13. The lowest BCUT2D eigenvalue weighted by atomic mass is 10.2. The molecule has 0 aliphatic rings. The molecule has 0 radical (unpaired) electrons. The molecule has 0 atom stereocenters. The molecule has 0 amide bonds. The second-order valence-corrected chi connectivity index (χ2v) is 2.65. The maximum Gasteiger partial charge on any atom is 0.170 e. The Morgan fingerprint density at radius 1 is 1.36 bits per heavy atom. The van der Waals surface area contributed by atoms with Crippen LogP contribution >= 0.6 is 0 Å². The van der Waals surface area contributed by atoms with Crippen LogP contribution in [0.3, 0.4) is 0 Å². The van der Waals surface area contributed by atoms with Crippen molar-refractivity contribution in [3.8, 4) is 5.75 Å². The van der Waals surface area contributed by atoms with Crippen molar-refractivity contribution in [1.29, 1.82) is 0 Å². The van der Waals surface area contributed by atoms with Crippen LogP contribution in [-0.2, 0) is 0 Å². The number of oxime groups is 1. The van der Waals surface area contributed by atoms with E-state index in [1.54, 1.807) is 24.3 Å². The third kappa shape index (κ3) is 2.63. The van der Waals surface area contributed by atoms with E-state index in [9.17, 15) is 0 Å². The Balaban J connectivity index is 2.68. The Bertz CT molecular complexity index is 308. The molecule has 0 saturated carbocycles. The van der Waals surface area contributed by atoms with Crippen molar-refractivity contribution in [3.05, 3.63) is 29.8 Å². The van der Waals surface area contributed by atoms with Crippen molar-refractivity contribution >= 4 is 5.84 Å². The number of benzene rings is 1. The molecule has 5 N–H and O–H groups in total. The van der Waals surface area contributed by atoms with Crippen LogP contribution in [-0.4, -0.2) is 24.2 Å². The van der Waals surface area contributed by atoms with Gasteiger partial charge in [-0.2, -0.15) is 0 Å². The molecule has 1 rings (SSSR count). The lowest BCUT2D eigenvalue weighted by Gasteiger charge is -2.04. The van der Waals surface area contributed by atoms with Crippen molar-refractivity contribution in [2.75, 3.05) is 13.2 Å². The second kappa shape index (κ2) is 5.08. The molecule has 0 saturated heterocycles. The fraction of sp³-hybridized carbons (Fsp3) is 0.222. The standard InChI is InChI=1S/C9H13N3O2/c10-5-6-14-8-3-1-7(2-4-8)9(11)12-13/h1-4,13H,5-6,10H2,(H2,11,12). The molecule has 1 aromatic carbocycles. The molecular weight excluding hydrogens is 182 g/mol. The van der Waals surface area contributed by atoms with E-state index >= 15 is 0 Å². The molecule has 76 valence electrons. The molecule has 5 heteroatoms. The van der Waals surface area contributed by atoms with Gasteiger partial charge in [-0.05, 0) is 24.3 Å². The van der Waals surface area contributed by atoms with Crippen LogP contribution in [0.15, 0.2) is 29.4 Å². The smallest absolute Gasteiger partial charge is 0.170 e. The Kier molecular flexibility index (Phi) is 3.75. The summed E-state index contributed by atoms with van der Waals surface area (Å²) in [6, 6.07) is 6.90. The Hall–Kier alpha value is -1.75. The summed E-state index contributed by atoms with van der Waals surface area (Å²) in [5, 5.41) is 11.3. The second-order valence-electron chi connectivity index (χ2n) is 2.65. The Morgan fingerprint density at radius 3 is 2.50 bits per heavy atom. The highest BCUT2D eigenvalue weighted by molar-refractivity contribution is 5.97. The van der Waals surface area contributed by atoms with E-state index in [2.05, 4.69) is 5.16 Å². The van der Waals surface area contributed by atoms with Gasteiger partial charge in [0.2, 0.25) is 0 Å². The highest BCUT2D eigenvalue weighted by atomic mass is 16.5. The van der Waals surface area contributed by atoms with Gasteiger partial charge < -0.3 is 21.4 Å². The first-order valence-corrected chi connectivity index (χ1v) is 4.18. The van der Waals surface area contributed by atoms with Gasteiger partial charge in [-0.15, -0.1) is 0 Å². The minimum atomic E-state index is 0.0791. The quantitative estimate of drug-likeness (QED) is 0.275. The van der Waals surface area contributed by atoms with Crippen LogP contribution in [0.5, 0.6) is 5.75 Å². The number of nitrogens with zero attached hydrogens (tertiary/aromatic N) is 1. The summed E-state index contributed by atoms with van der Waals surface area (Å²) in [5.41, 5.74) is 11.3. The zero-order valence-electron chi connectivity index (χ0n) is 7.68. The number of rotatable bonds is 4. The van der Waals surface area contributed by atoms with Gasteiger partial charge in [-0.3, -0.25) is 0 Å². The minimum absolute atomic E-state index is 0.0791. The number of nitrogens with two attached hydrogens (primary N) is 2. The van der Waals surface area contributed by atoms with Gasteiger partial charge in [-0.1, -0.05) is 5.16 Å². The fourth-order valence-corrected chi connectivity index (χ4v) is 0.956. The van der Waals surface area contributed by atoms with Crippen LogP contribution in [0.2, 0.25) is 0 Å². The van der Waals surface area contributed by atoms with Gasteiger partial charge in [0.05, 0.1) is 0 Å². The van der Waals surface area contributed by atoms with Gasteiger partial charge >= 0.3 is 0 Å². The van der Waals surface area contributed by atoms with Crippen LogP contribution in [0.4, 0.5) is 0 Å². The van der Waals surface area contributed by atoms with E-state index in [-0.39, 0.29) is 5.84 Å². The monoisotopic (exact) mass is 195 g/mol. The molecule has 0 fully saturated rings. The van der Waals surface area contributed by atoms with Crippen molar-refractivity contribution in [2.24, 2.45) is 16.6 Å². The molecule has 1 aromatic rings. The van der Waals surface area contributed by atoms with Crippen LogP contribution in [0.25, 0.3) is 0 Å². The third-order valence-corrected chi connectivity index (χ3v) is 1.64. The lowest BCUT2D eigenvalue weighted by molar-refractivity contribution is 0.318. The van der Waals surface area contributed by atoms with E-state index in [0.717, 1.165) is 0 Å². The van der Waals surface area contributed by atoms with E-state index in [4.69, 9.17) is 21.4 Å². The molecular formula is C9H13N3O2. The molecule has 0 aromatic heterocycles. The summed E-state index contributed by atoms with van der Waals surface area (Å²) in [4.78, 5) is 0. The summed E-state index contributed by atoms with van der Waals surface area (Å²) in [6.45, 7) is 0.949. The van der Waals surface area contributed by atoms with Crippen molar-refractivity contribution < 1.29 is 9.94 Å². The first-order valence-electron chi connectivity index (χ1n) is 4.18. The van der Waals surface area contributed by atoms with Gasteiger partial charge in [0.1, 0.15) is 12.4 Å². The van der Waals surface area contributed by atoms with Crippen molar-refractivity contribution in [1.82, 2.24) is 0 Å². The number of hydrogen-bond donors (Lipinski definition) is 3. The highest BCUT2D eigenvalue weighted by Crippen LogP contribution is 2.11. The van der Waals surface area contributed by atoms with Crippen LogP contribution in [0, 0.1) is 0 Å². The molecule has 0 aliphatic carbocycles. The van der Waals surface area contributed by atoms with Crippen LogP contribution in [0.1, 0.15) is 5.56 Å². The Morgan fingerprint density at radius 2 is 2.00 bits per heavy atom. The summed E-state index contributed by atoms with van der Waals surface area (Å²) < 4.78 is 5.26. The minimum Gasteiger partial charge on any atom is -0.492 e. The molecule has 14 heavy (non-hydrogen) atoms. The average molecular weight is 195 g/mol. The van der Waals surface area contributed by atoms with E-state index in [1.807, 2.05) is 0 Å². The molecule has 0 bridgehead atoms. The predicted octanol–water partition coefficient (Wildman–Crippen LogP) is 0.119. The zero-order chi connectivity index (χ0) is 10.4. The van der Waals surface area contributed by atoms with Crippen LogP contribution < -0.4 is 16.2 Å². The van der Waals surface area contributed by atoms with Crippen molar-refractivity contribution in [3.63, 3.8) is 0 Å². The number of hydrogen-bond acceptors (Lipinski definition) is 4. The maximum atomic E-state index is 8.41. The molecule has 0 aliphatic heterocycles. The summed E-state index contributed by atoms with van der Waals surface area (Å²) >= 11 is 0. The number of ether oxygens (including phenoxy) is 1. The molecule has 5 nitrogen and oxygen atoms in total. The normalized spacial score (nSPS) is 11.4. The number of amidine groups is 1. The summed E-state index contributed by atoms with van der Waals surface area (Å²) in [7, 11) is 0. The SMILES string of the molecule is NCCOc1ccc(C(N)=NO)cc1. The van der Waals surface area contributed by atoms with Gasteiger partial charge in [0.15, 0.2) is 5.84 Å². The predicted molar refractivity (Wildman–Crippen MR) is 53.5 cm³/mol. The van der Waals surface area contributed by atoms with E-state index in [1.165, 1.54) is 0 Å². The molecule has 0 heterocycles. The van der Waals surface area contributed by atoms with E-state index < -0.39 is 0 Å². The maximum absolute atomic E-state index is 8.41. The first kappa shape index (κ1) is 10.3. The van der Waals surface area contributed by atoms with E-state index in [0.29, 0.717) is 24.5 Å². The molecule has 0 unspecified atom stereocenters. The largest absolute Gasteiger partial charge is 0.492 e. The zero-order valence-corrected chi connectivity index (χ0v) is 7.68. The topological polar surface area (TPSA) is 93.9 Å². The van der Waals surface area contributed by atoms with Gasteiger partial charge in [0.25, 0.3) is 0 Å². The Labute approximate surface area is 82.0 Å². The average Bonchev–Trinajstić information content (AvgIpc) is 2.26. The summed E-state index contributed by atoms with van der Waals surface area (Å²) in [6.07, 6.45) is 0. The fourth-order valence-electron chi connectivity index (χ4n) is 0.956. The summed E-state index contributed by atoms with van der Waals surface area (Å²) in [5.74, 6) is 0.792. The first-order chi connectivity index (χ1) is 6.77. The third-order valence-electron chi connectivity index (χ3n) is 1.64. The van der Waals surface area contributed by atoms with Crippen molar-refractivity contribution in [2.45, 2.75) is 0 Å². The van der Waals surface area contributed by atoms with Gasteiger partial charge in [0, 0.05) is 12.1 Å². The van der Waals surface area contributed by atoms with Gasteiger partial charge in [-0.25, -0.2) is 0 Å².